The second kappa shape index (κ2) is 15.0. The molecule has 0 aliphatic heterocycles. The van der Waals surface area contributed by atoms with Gasteiger partial charge in [0.15, 0.2) is 5.82 Å². The molecular weight excluding hydrogens is 729 g/mol. The Balaban J connectivity index is 1.13. The predicted molar refractivity (Wildman–Crippen MR) is 250 cm³/mol. The zero-order valence-electron chi connectivity index (χ0n) is 32.7. The van der Waals surface area contributed by atoms with Gasteiger partial charge in [-0.05, 0) is 100 Å². The van der Waals surface area contributed by atoms with Crippen LogP contribution < -0.4 is 9.80 Å². The molecular formula is C56H38N4. The molecule has 1 heterocycles. The third-order valence-corrected chi connectivity index (χ3v) is 11.4. The SMILES string of the molecule is c1ccc(-c2ccc3c4c(cccc24)-c2nc(-c4cccc(N(c5ccccc5)c5ccccc5)c4)nc(-c4cccc(N(c5ccccc5)c5ccccc5)c4)c2-3)cc1. The van der Waals surface area contributed by atoms with Gasteiger partial charge in [0.1, 0.15) is 0 Å². The van der Waals surface area contributed by atoms with Crippen molar-refractivity contribution in [1.29, 1.82) is 0 Å². The second-order valence-corrected chi connectivity index (χ2v) is 15.0. The van der Waals surface area contributed by atoms with Crippen molar-refractivity contribution in [3.63, 3.8) is 0 Å². The van der Waals surface area contributed by atoms with Gasteiger partial charge in [-0.3, -0.25) is 0 Å². The molecule has 0 fully saturated rings. The highest BCUT2D eigenvalue weighted by Crippen LogP contribution is 2.52. The Morgan fingerprint density at radius 2 is 0.700 bits per heavy atom. The van der Waals surface area contributed by atoms with Crippen LogP contribution in [0.25, 0.3) is 66.9 Å². The van der Waals surface area contributed by atoms with Crippen molar-refractivity contribution in [2.75, 3.05) is 9.80 Å². The van der Waals surface area contributed by atoms with Crippen molar-refractivity contribution < 1.29 is 0 Å². The summed E-state index contributed by atoms with van der Waals surface area (Å²) in [4.78, 5) is 15.7. The highest BCUT2D eigenvalue weighted by atomic mass is 15.1. The average Bonchev–Trinajstić information content (AvgIpc) is 3.65. The van der Waals surface area contributed by atoms with Crippen LogP contribution in [0.2, 0.25) is 0 Å². The van der Waals surface area contributed by atoms with Gasteiger partial charge in [0, 0.05) is 56.4 Å². The van der Waals surface area contributed by atoms with Gasteiger partial charge in [-0.1, -0.05) is 158 Å². The van der Waals surface area contributed by atoms with Crippen LogP contribution in [0.5, 0.6) is 0 Å². The van der Waals surface area contributed by atoms with Crippen molar-refractivity contribution in [3.05, 3.63) is 231 Å². The Hall–Kier alpha value is -8.08. The first kappa shape index (κ1) is 35.1. The molecule has 10 aromatic rings. The maximum absolute atomic E-state index is 5.58. The molecule has 60 heavy (non-hydrogen) atoms. The molecule has 0 unspecified atom stereocenters. The Kier molecular flexibility index (Phi) is 8.79. The van der Waals surface area contributed by atoms with Crippen LogP contribution >= 0.6 is 0 Å². The van der Waals surface area contributed by atoms with Gasteiger partial charge in [-0.2, -0.15) is 0 Å². The number of para-hydroxylation sites is 4. The molecule has 282 valence electrons. The fourth-order valence-corrected chi connectivity index (χ4v) is 8.71. The van der Waals surface area contributed by atoms with E-state index in [1.807, 2.05) is 0 Å². The van der Waals surface area contributed by atoms with Crippen molar-refractivity contribution >= 4 is 44.9 Å². The lowest BCUT2D eigenvalue weighted by Crippen LogP contribution is -2.10. The van der Waals surface area contributed by atoms with Crippen LogP contribution in [-0.2, 0) is 0 Å². The van der Waals surface area contributed by atoms with Crippen molar-refractivity contribution in [2.45, 2.75) is 0 Å². The minimum atomic E-state index is 0.674. The number of anilines is 6. The Morgan fingerprint density at radius 1 is 0.283 bits per heavy atom. The Morgan fingerprint density at radius 3 is 1.25 bits per heavy atom. The Labute approximate surface area is 350 Å². The number of fused-ring (bicyclic) bond motifs is 3. The van der Waals surface area contributed by atoms with E-state index in [0.717, 1.165) is 73.3 Å². The largest absolute Gasteiger partial charge is 0.310 e. The zero-order chi connectivity index (χ0) is 39.8. The summed E-state index contributed by atoms with van der Waals surface area (Å²) in [6.07, 6.45) is 0. The Bertz CT molecular complexity index is 3050. The number of hydrogen-bond acceptors (Lipinski definition) is 4. The van der Waals surface area contributed by atoms with Crippen LogP contribution in [0.4, 0.5) is 34.1 Å². The minimum Gasteiger partial charge on any atom is -0.310 e. The van der Waals surface area contributed by atoms with E-state index in [-0.39, 0.29) is 0 Å². The highest BCUT2D eigenvalue weighted by Gasteiger charge is 2.30. The van der Waals surface area contributed by atoms with Crippen LogP contribution in [0.3, 0.4) is 0 Å². The van der Waals surface area contributed by atoms with E-state index in [0.29, 0.717) is 5.82 Å². The second-order valence-electron chi connectivity index (χ2n) is 15.0. The molecule has 0 N–H and O–H groups in total. The third-order valence-electron chi connectivity index (χ3n) is 11.4. The standard InChI is InChI=1S/C56H38N4/c1-6-19-39(20-7-1)48-35-36-50-52-49(48)33-18-34-51(52)55-53(50)54(40-21-16-31-46(37-40)59(42-23-8-2-9-24-42)43-25-10-3-11-26-43)57-56(58-55)41-22-17-32-47(38-41)60(44-27-12-4-13-28-44)45-29-14-5-15-30-45/h1-38H. The summed E-state index contributed by atoms with van der Waals surface area (Å²) in [6.45, 7) is 0. The van der Waals surface area contributed by atoms with E-state index in [2.05, 4.69) is 240 Å². The van der Waals surface area contributed by atoms with Crippen LogP contribution in [0.1, 0.15) is 0 Å². The molecule has 0 spiro atoms. The number of aromatic nitrogens is 2. The van der Waals surface area contributed by atoms with Gasteiger partial charge in [-0.15, -0.1) is 0 Å². The van der Waals surface area contributed by atoms with Gasteiger partial charge in [0.2, 0.25) is 0 Å². The van der Waals surface area contributed by atoms with E-state index < -0.39 is 0 Å². The molecule has 1 aliphatic rings. The van der Waals surface area contributed by atoms with Crippen molar-refractivity contribution in [2.24, 2.45) is 0 Å². The smallest absolute Gasteiger partial charge is 0.160 e. The van der Waals surface area contributed by atoms with E-state index in [9.17, 15) is 0 Å². The summed E-state index contributed by atoms with van der Waals surface area (Å²) in [7, 11) is 0. The van der Waals surface area contributed by atoms with Gasteiger partial charge < -0.3 is 9.80 Å². The van der Waals surface area contributed by atoms with Gasteiger partial charge in [-0.25, -0.2) is 9.97 Å². The fraction of sp³-hybridized carbons (Fsp3) is 0. The number of nitrogens with zero attached hydrogens (tertiary/aromatic N) is 4. The molecule has 0 bridgehead atoms. The van der Waals surface area contributed by atoms with E-state index in [1.165, 1.54) is 21.9 Å². The summed E-state index contributed by atoms with van der Waals surface area (Å²) in [6, 6.07) is 81.3. The molecule has 4 nitrogen and oxygen atoms in total. The monoisotopic (exact) mass is 766 g/mol. The third kappa shape index (κ3) is 6.19. The van der Waals surface area contributed by atoms with Crippen LogP contribution in [0, 0.1) is 0 Å². The number of benzene rings is 9. The summed E-state index contributed by atoms with van der Waals surface area (Å²) < 4.78 is 0. The molecule has 0 saturated carbocycles. The zero-order valence-corrected chi connectivity index (χ0v) is 32.7. The first-order chi connectivity index (χ1) is 29.8. The molecule has 9 aromatic carbocycles. The summed E-state index contributed by atoms with van der Waals surface area (Å²) in [5.74, 6) is 0.674. The van der Waals surface area contributed by atoms with Gasteiger partial charge >= 0.3 is 0 Å². The highest BCUT2D eigenvalue weighted by molar-refractivity contribution is 6.20. The lowest BCUT2D eigenvalue weighted by Gasteiger charge is -2.26. The predicted octanol–water partition coefficient (Wildman–Crippen LogP) is 15.2. The summed E-state index contributed by atoms with van der Waals surface area (Å²) >= 11 is 0. The van der Waals surface area contributed by atoms with Crippen molar-refractivity contribution in [3.8, 4) is 56.2 Å². The van der Waals surface area contributed by atoms with E-state index in [4.69, 9.17) is 9.97 Å². The first-order valence-corrected chi connectivity index (χ1v) is 20.3. The number of rotatable bonds is 9. The minimum absolute atomic E-state index is 0.674. The van der Waals surface area contributed by atoms with Crippen molar-refractivity contribution in [1.82, 2.24) is 9.97 Å². The quantitative estimate of drug-likeness (QED) is 0.146. The lowest BCUT2D eigenvalue weighted by molar-refractivity contribution is 1.19. The topological polar surface area (TPSA) is 32.3 Å². The summed E-state index contributed by atoms with van der Waals surface area (Å²) in [5, 5.41) is 2.42. The molecule has 0 radical (unpaired) electrons. The molecule has 1 aliphatic carbocycles. The normalized spacial score (nSPS) is 11.3. The molecule has 0 atom stereocenters. The first-order valence-electron chi connectivity index (χ1n) is 20.3. The maximum atomic E-state index is 5.58. The van der Waals surface area contributed by atoms with Crippen LogP contribution in [0.15, 0.2) is 231 Å². The lowest BCUT2D eigenvalue weighted by atomic mass is 9.93. The van der Waals surface area contributed by atoms with E-state index in [1.54, 1.807) is 0 Å². The van der Waals surface area contributed by atoms with Crippen LogP contribution in [-0.4, -0.2) is 9.97 Å². The van der Waals surface area contributed by atoms with E-state index >= 15 is 0 Å². The molecule has 11 rings (SSSR count). The number of hydrogen-bond donors (Lipinski definition) is 0. The average molecular weight is 767 g/mol. The molecule has 0 saturated heterocycles. The molecule has 1 aromatic heterocycles. The fourth-order valence-electron chi connectivity index (χ4n) is 8.71. The molecule has 0 amide bonds. The molecule has 4 heteroatoms. The van der Waals surface area contributed by atoms with Gasteiger partial charge in [0.05, 0.1) is 11.4 Å². The maximum Gasteiger partial charge on any atom is 0.160 e. The summed E-state index contributed by atoms with van der Waals surface area (Å²) in [5.41, 5.74) is 15.9. The van der Waals surface area contributed by atoms with Gasteiger partial charge in [0.25, 0.3) is 0 Å².